The Labute approximate surface area is 279 Å². The molecule has 0 aliphatic carbocycles. The Morgan fingerprint density at radius 3 is 1.90 bits per heavy atom. The molecule has 1 aromatic rings. The number of anilines is 1. The van der Waals surface area contributed by atoms with Crippen LogP contribution in [-0.4, -0.2) is 74.1 Å². The number of halogens is 11. The van der Waals surface area contributed by atoms with Gasteiger partial charge in [0.2, 0.25) is 0 Å². The Morgan fingerprint density at radius 1 is 0.880 bits per heavy atom. The third kappa shape index (κ3) is 10.8. The third-order valence-electron chi connectivity index (χ3n) is 7.90. The molecule has 0 saturated carbocycles. The second kappa shape index (κ2) is 15.9. The number of imide groups is 1. The van der Waals surface area contributed by atoms with Crippen molar-refractivity contribution in [3.63, 3.8) is 0 Å². The summed E-state index contributed by atoms with van der Waals surface area (Å²) in [6, 6.07) is 0.827. The van der Waals surface area contributed by atoms with E-state index in [1.807, 2.05) is 0 Å². The zero-order valence-corrected chi connectivity index (χ0v) is 27.5. The maximum atomic E-state index is 13.5. The number of rotatable bonds is 16. The van der Waals surface area contributed by atoms with E-state index in [2.05, 4.69) is 4.36 Å². The highest BCUT2D eigenvalue weighted by molar-refractivity contribution is 8.00. The normalized spacial score (nSPS) is 16.3. The number of nitro groups is 1. The number of thiol groups is 1. The van der Waals surface area contributed by atoms with Crippen molar-refractivity contribution < 1.29 is 72.2 Å². The van der Waals surface area contributed by atoms with Gasteiger partial charge in [0.15, 0.2) is 0 Å². The van der Waals surface area contributed by atoms with E-state index < -0.39 is 104 Å². The Kier molecular flexibility index (Phi) is 13.5. The van der Waals surface area contributed by atoms with Crippen LogP contribution in [0.5, 0.6) is 0 Å². The van der Waals surface area contributed by atoms with Gasteiger partial charge in [0.05, 0.1) is 10.6 Å². The van der Waals surface area contributed by atoms with Crippen LogP contribution < -0.4 is 4.90 Å². The van der Waals surface area contributed by atoms with Crippen molar-refractivity contribution in [3.05, 3.63) is 33.9 Å². The molecule has 1 N–H and O–H groups in total. The van der Waals surface area contributed by atoms with Crippen LogP contribution in [0.25, 0.3) is 0 Å². The number of urea groups is 1. The van der Waals surface area contributed by atoms with E-state index in [0.29, 0.717) is 49.1 Å². The van der Waals surface area contributed by atoms with E-state index in [1.54, 1.807) is 0 Å². The smallest absolute Gasteiger partial charge is 0.344 e. The minimum Gasteiger partial charge on any atom is -0.344 e. The highest BCUT2D eigenvalue weighted by Gasteiger charge is 2.56. The number of amides is 4. The molecule has 286 valence electrons. The lowest BCUT2D eigenvalue weighted by Crippen LogP contribution is -2.44. The monoisotopic (exact) mass is 764 g/mol. The topological polar surface area (TPSA) is 133 Å². The molecule has 22 heteroatoms. The predicted molar refractivity (Wildman–Crippen MR) is 159 cm³/mol. The van der Waals surface area contributed by atoms with Crippen molar-refractivity contribution in [2.75, 3.05) is 23.0 Å². The Hall–Kier alpha value is -3.43. The van der Waals surface area contributed by atoms with Crippen molar-refractivity contribution >= 4 is 39.3 Å². The van der Waals surface area contributed by atoms with E-state index >= 15 is 0 Å². The molecular formula is C28H35F11N4O6S. The highest BCUT2D eigenvalue weighted by atomic mass is 32.3. The van der Waals surface area contributed by atoms with Crippen molar-refractivity contribution in [1.29, 1.82) is 0 Å². The van der Waals surface area contributed by atoms with Crippen LogP contribution in [0.4, 0.5) is 64.5 Å². The van der Waals surface area contributed by atoms with Crippen LogP contribution in [0.15, 0.2) is 22.6 Å². The van der Waals surface area contributed by atoms with Crippen molar-refractivity contribution in [1.82, 2.24) is 4.90 Å². The molecule has 0 unspecified atom stereocenters. The first-order chi connectivity index (χ1) is 22.7. The van der Waals surface area contributed by atoms with Gasteiger partial charge in [0.1, 0.15) is 11.1 Å². The first-order valence-electron chi connectivity index (χ1n) is 15.1. The molecular weight excluding hydrogens is 729 g/mol. The molecule has 1 saturated heterocycles. The van der Waals surface area contributed by atoms with E-state index in [9.17, 15) is 77.3 Å². The van der Waals surface area contributed by atoms with E-state index in [1.165, 1.54) is 13.8 Å². The minimum atomic E-state index is -5.90. The van der Waals surface area contributed by atoms with Gasteiger partial charge < -0.3 is 9.45 Å². The summed E-state index contributed by atoms with van der Waals surface area (Å²) in [7, 11) is -4.21. The summed E-state index contributed by atoms with van der Waals surface area (Å²) < 4.78 is 155. The number of hydrogen-bond donors (Lipinski definition) is 2. The van der Waals surface area contributed by atoms with Crippen molar-refractivity contribution in [2.24, 2.45) is 4.36 Å². The van der Waals surface area contributed by atoms with Gasteiger partial charge in [-0.1, -0.05) is 32.1 Å². The van der Waals surface area contributed by atoms with Crippen LogP contribution in [0.1, 0.15) is 77.2 Å². The van der Waals surface area contributed by atoms with Crippen LogP contribution in [0.3, 0.4) is 0 Å². The number of nitrogens with zero attached hydrogens (tertiary/aromatic N) is 4. The van der Waals surface area contributed by atoms with Gasteiger partial charge in [0.25, 0.3) is 11.6 Å². The molecule has 0 atom stereocenters. The van der Waals surface area contributed by atoms with Gasteiger partial charge in [0, 0.05) is 30.5 Å². The SMILES string of the molecule is CC1(C)C(=O)N(c2ccc([N+](=O)[O-])c(C(F)(F)F)c2)C(=O)N1CCCCCCCCC[SH](O)(CCCC(F)(F)C(F)(F)F)=NC(=O)C(F)(F)F. The van der Waals surface area contributed by atoms with Gasteiger partial charge in [-0.2, -0.15) is 52.7 Å². The third-order valence-corrected chi connectivity index (χ3v) is 10.5. The number of unbranched alkanes of at least 4 members (excludes halogenated alkanes) is 6. The summed E-state index contributed by atoms with van der Waals surface area (Å²) in [5.41, 5.74) is -4.87. The zero-order chi connectivity index (χ0) is 38.5. The summed E-state index contributed by atoms with van der Waals surface area (Å²) in [6.07, 6.45) is -16.8. The summed E-state index contributed by atoms with van der Waals surface area (Å²) in [5, 5.41) is 11.1. The first-order valence-corrected chi connectivity index (χ1v) is 17.1. The number of carbonyl (C=O) groups is 3. The number of benzene rings is 1. The lowest BCUT2D eigenvalue weighted by Gasteiger charge is -2.27. The molecule has 1 fully saturated rings. The Bertz CT molecular complexity index is 1480. The molecule has 1 heterocycles. The molecule has 0 aromatic heterocycles. The molecule has 1 aliphatic rings. The lowest BCUT2D eigenvalue weighted by atomic mass is 10.0. The maximum absolute atomic E-state index is 13.5. The highest BCUT2D eigenvalue weighted by Crippen LogP contribution is 2.41. The summed E-state index contributed by atoms with van der Waals surface area (Å²) in [4.78, 5) is 49.0. The number of alkyl halides is 11. The van der Waals surface area contributed by atoms with Gasteiger partial charge in [-0.25, -0.2) is 9.69 Å². The molecule has 50 heavy (non-hydrogen) atoms. The average molecular weight is 765 g/mol. The number of carbonyl (C=O) groups excluding carboxylic acids is 3. The molecule has 2 rings (SSSR count). The van der Waals surface area contributed by atoms with Gasteiger partial charge in [-0.15, -0.1) is 10.1 Å². The minimum absolute atomic E-state index is 0.00676. The lowest BCUT2D eigenvalue weighted by molar-refractivity contribution is -0.388. The van der Waals surface area contributed by atoms with Crippen LogP contribution in [0, 0.1) is 10.1 Å². The van der Waals surface area contributed by atoms with Crippen LogP contribution >= 0.6 is 0 Å². The summed E-state index contributed by atoms with van der Waals surface area (Å²) in [6.45, 7) is 2.76. The second-order valence-corrected chi connectivity index (χ2v) is 15.0. The maximum Gasteiger partial charge on any atom is 0.474 e. The fraction of sp³-hybridized carbons (Fsp3) is 0.679. The van der Waals surface area contributed by atoms with Gasteiger partial charge in [-0.3, -0.25) is 19.7 Å². The molecule has 4 amide bonds. The quantitative estimate of drug-likeness (QED) is 0.0433. The molecule has 0 radical (unpaired) electrons. The molecule has 0 spiro atoms. The van der Waals surface area contributed by atoms with Crippen molar-refractivity contribution in [3.8, 4) is 0 Å². The zero-order valence-electron chi connectivity index (χ0n) is 26.6. The van der Waals surface area contributed by atoms with Gasteiger partial charge >= 0.3 is 36.4 Å². The van der Waals surface area contributed by atoms with Crippen molar-refractivity contribution in [2.45, 2.75) is 102 Å². The predicted octanol–water partition coefficient (Wildman–Crippen LogP) is 8.50. The second-order valence-electron chi connectivity index (χ2n) is 12.1. The van der Waals surface area contributed by atoms with E-state index in [-0.39, 0.29) is 19.4 Å². The largest absolute Gasteiger partial charge is 0.474 e. The first kappa shape index (κ1) is 42.7. The average Bonchev–Trinajstić information content (AvgIpc) is 3.12. The van der Waals surface area contributed by atoms with E-state index in [0.717, 1.165) is 11.0 Å². The number of hydrogen-bond acceptors (Lipinski definition) is 5. The summed E-state index contributed by atoms with van der Waals surface area (Å²) in [5.74, 6) is -10.1. The fourth-order valence-electron chi connectivity index (χ4n) is 5.14. The Balaban J connectivity index is 1.91. The molecule has 0 bridgehead atoms. The van der Waals surface area contributed by atoms with Crippen LogP contribution in [-0.2, 0) is 25.9 Å². The fourth-order valence-corrected chi connectivity index (χ4v) is 7.41. The molecule has 10 nitrogen and oxygen atoms in total. The van der Waals surface area contributed by atoms with Gasteiger partial charge in [-0.05, 0) is 45.2 Å². The Morgan fingerprint density at radius 2 is 1.40 bits per heavy atom. The van der Waals surface area contributed by atoms with Crippen LogP contribution in [0.2, 0.25) is 0 Å². The van der Waals surface area contributed by atoms with E-state index in [4.69, 9.17) is 0 Å². The summed E-state index contributed by atoms with van der Waals surface area (Å²) >= 11 is 0. The number of nitro benzene ring substituents is 1. The molecule has 1 aliphatic heterocycles. The molecule has 1 aromatic carbocycles. The standard InChI is InChI=1S/C28H35F11N4O6S/c1-24(2)22(45)42(18-11-12-20(43(47)48)19(17-18)26(31,32)33)23(46)41(24)14-8-6-4-3-5-7-9-15-50(49,40-21(44)27(34,35)36)16-10-13-25(29,30)28(37,38)39/h11-12,17,50H,3-10,13-16H2,1-2H3,(H,40,44,49).